The van der Waals surface area contributed by atoms with E-state index in [0.717, 1.165) is 31.2 Å². The van der Waals surface area contributed by atoms with Gasteiger partial charge in [0.05, 0.1) is 11.3 Å². The molecule has 0 aliphatic heterocycles. The standard InChI is InChI=1S/C26H41NO3/c1-3-4-5-6-7-8-9-10-11-12-13-14-15-16-17-21-24(28)27-25-22(2)19-18-20-23(25)26(29)30/h10-11,18-20H,3-9,12-17,21H2,1-2H3,(H,27,28)(H,29,30). The number of hydrogen-bond donors (Lipinski definition) is 2. The van der Waals surface area contributed by atoms with E-state index in [2.05, 4.69) is 24.4 Å². The summed E-state index contributed by atoms with van der Waals surface area (Å²) >= 11 is 0. The van der Waals surface area contributed by atoms with E-state index in [1.54, 1.807) is 6.07 Å². The summed E-state index contributed by atoms with van der Waals surface area (Å²) in [4.78, 5) is 23.5. The van der Waals surface area contributed by atoms with Crippen molar-refractivity contribution in [2.75, 3.05) is 5.32 Å². The van der Waals surface area contributed by atoms with Crippen molar-refractivity contribution in [3.8, 4) is 0 Å². The van der Waals surface area contributed by atoms with Crippen molar-refractivity contribution in [2.45, 2.75) is 104 Å². The number of nitrogens with one attached hydrogen (secondary N) is 1. The van der Waals surface area contributed by atoms with Gasteiger partial charge in [-0.2, -0.15) is 0 Å². The first-order valence-electron chi connectivity index (χ1n) is 11.8. The predicted molar refractivity (Wildman–Crippen MR) is 126 cm³/mol. The second kappa shape index (κ2) is 16.7. The molecule has 0 unspecified atom stereocenters. The van der Waals surface area contributed by atoms with Crippen LogP contribution in [-0.4, -0.2) is 17.0 Å². The summed E-state index contributed by atoms with van der Waals surface area (Å²) in [6.45, 7) is 4.06. The zero-order valence-corrected chi connectivity index (χ0v) is 19.0. The maximum Gasteiger partial charge on any atom is 0.337 e. The summed E-state index contributed by atoms with van der Waals surface area (Å²) in [5, 5.41) is 12.0. The zero-order valence-electron chi connectivity index (χ0n) is 19.0. The number of carbonyl (C=O) groups excluding carboxylic acids is 1. The van der Waals surface area contributed by atoms with E-state index in [0.29, 0.717) is 12.1 Å². The van der Waals surface area contributed by atoms with Gasteiger partial charge in [0, 0.05) is 6.42 Å². The normalized spacial score (nSPS) is 11.1. The molecular weight excluding hydrogens is 374 g/mol. The lowest BCUT2D eigenvalue weighted by Gasteiger charge is -2.11. The monoisotopic (exact) mass is 415 g/mol. The molecule has 0 fully saturated rings. The highest BCUT2D eigenvalue weighted by molar-refractivity contribution is 6.01. The average molecular weight is 416 g/mol. The zero-order chi connectivity index (χ0) is 22.0. The van der Waals surface area contributed by atoms with Crippen LogP contribution in [0, 0.1) is 6.92 Å². The van der Waals surface area contributed by atoms with Gasteiger partial charge in [0.2, 0.25) is 5.91 Å². The number of aryl methyl sites for hydroxylation is 1. The molecule has 4 nitrogen and oxygen atoms in total. The van der Waals surface area contributed by atoms with Crippen molar-refractivity contribution in [2.24, 2.45) is 0 Å². The third kappa shape index (κ3) is 11.8. The molecule has 1 aromatic carbocycles. The lowest BCUT2D eigenvalue weighted by atomic mass is 10.1. The fraction of sp³-hybridized carbons (Fsp3) is 0.615. The highest BCUT2D eigenvalue weighted by atomic mass is 16.4. The van der Waals surface area contributed by atoms with Crippen LogP contribution in [0.25, 0.3) is 0 Å². The average Bonchev–Trinajstić information content (AvgIpc) is 2.72. The molecule has 0 aliphatic rings. The van der Waals surface area contributed by atoms with E-state index in [1.165, 1.54) is 63.9 Å². The number of carboxylic acids is 1. The van der Waals surface area contributed by atoms with Crippen LogP contribution in [0.1, 0.15) is 113 Å². The van der Waals surface area contributed by atoms with E-state index < -0.39 is 5.97 Å². The first-order valence-corrected chi connectivity index (χ1v) is 11.8. The Labute approximate surface area is 183 Å². The van der Waals surface area contributed by atoms with Crippen molar-refractivity contribution in [1.82, 2.24) is 0 Å². The van der Waals surface area contributed by atoms with Crippen LogP contribution >= 0.6 is 0 Å². The molecular formula is C26H41NO3. The van der Waals surface area contributed by atoms with E-state index >= 15 is 0 Å². The van der Waals surface area contributed by atoms with Crippen LogP contribution in [0.3, 0.4) is 0 Å². The molecule has 1 amide bonds. The Balaban J connectivity index is 2.04. The number of carboxylic acid groups (broad SMARTS) is 1. The molecule has 0 spiro atoms. The Morgan fingerprint density at radius 3 is 2.03 bits per heavy atom. The predicted octanol–water partition coefficient (Wildman–Crippen LogP) is 7.67. The lowest BCUT2D eigenvalue weighted by Crippen LogP contribution is -2.15. The Bertz CT molecular complexity index is 652. The number of benzene rings is 1. The highest BCUT2D eigenvalue weighted by Gasteiger charge is 2.14. The molecule has 0 heterocycles. The van der Waals surface area contributed by atoms with Gasteiger partial charge in [-0.3, -0.25) is 4.79 Å². The summed E-state index contributed by atoms with van der Waals surface area (Å²) in [7, 11) is 0. The van der Waals surface area contributed by atoms with Crippen LogP contribution < -0.4 is 5.32 Å². The molecule has 0 atom stereocenters. The van der Waals surface area contributed by atoms with E-state index in [-0.39, 0.29) is 11.5 Å². The summed E-state index contributed by atoms with van der Waals surface area (Å²) in [6, 6.07) is 5.02. The van der Waals surface area contributed by atoms with Gasteiger partial charge in [-0.1, -0.05) is 82.6 Å². The van der Waals surface area contributed by atoms with Crippen LogP contribution in [0.2, 0.25) is 0 Å². The number of allylic oxidation sites excluding steroid dienone is 2. The quantitative estimate of drug-likeness (QED) is 0.203. The summed E-state index contributed by atoms with van der Waals surface area (Å²) in [5.74, 6) is -1.13. The van der Waals surface area contributed by atoms with Gasteiger partial charge in [-0.15, -0.1) is 0 Å². The number of unbranched alkanes of at least 4 members (excludes halogenated alkanes) is 11. The van der Waals surface area contributed by atoms with Gasteiger partial charge in [-0.05, 0) is 50.7 Å². The fourth-order valence-corrected chi connectivity index (χ4v) is 3.57. The highest BCUT2D eigenvalue weighted by Crippen LogP contribution is 2.21. The minimum absolute atomic E-state index is 0.107. The second-order valence-corrected chi connectivity index (χ2v) is 8.19. The van der Waals surface area contributed by atoms with Gasteiger partial charge < -0.3 is 10.4 Å². The van der Waals surface area contributed by atoms with E-state index in [9.17, 15) is 14.7 Å². The number of anilines is 1. The smallest absolute Gasteiger partial charge is 0.337 e. The molecule has 0 saturated carbocycles. The van der Waals surface area contributed by atoms with E-state index in [4.69, 9.17) is 0 Å². The van der Waals surface area contributed by atoms with Gasteiger partial charge in [-0.25, -0.2) is 4.79 Å². The topological polar surface area (TPSA) is 66.4 Å². The number of aromatic carboxylic acids is 1. The third-order valence-electron chi connectivity index (χ3n) is 5.43. The van der Waals surface area contributed by atoms with Crippen molar-refractivity contribution in [3.05, 3.63) is 41.5 Å². The molecule has 2 N–H and O–H groups in total. The molecule has 0 aromatic heterocycles. The van der Waals surface area contributed by atoms with Gasteiger partial charge in [0.25, 0.3) is 0 Å². The molecule has 0 saturated heterocycles. The molecule has 168 valence electrons. The van der Waals surface area contributed by atoms with Crippen LogP contribution in [0.5, 0.6) is 0 Å². The minimum atomic E-state index is -1.02. The third-order valence-corrected chi connectivity index (χ3v) is 5.43. The Kier molecular flexibility index (Phi) is 14.4. The van der Waals surface area contributed by atoms with Crippen LogP contribution in [-0.2, 0) is 4.79 Å². The fourth-order valence-electron chi connectivity index (χ4n) is 3.57. The van der Waals surface area contributed by atoms with Crippen molar-refractivity contribution in [1.29, 1.82) is 0 Å². The minimum Gasteiger partial charge on any atom is -0.478 e. The SMILES string of the molecule is CCCCCCCCC=CCCCCCCCC(=O)Nc1c(C)cccc1C(=O)O. The van der Waals surface area contributed by atoms with Crippen molar-refractivity contribution >= 4 is 17.6 Å². The first kappa shape index (κ1) is 25.9. The summed E-state index contributed by atoms with van der Waals surface area (Å²) in [5.41, 5.74) is 1.34. The van der Waals surface area contributed by atoms with Crippen molar-refractivity contribution in [3.63, 3.8) is 0 Å². The number of rotatable bonds is 17. The maximum atomic E-state index is 12.2. The summed E-state index contributed by atoms with van der Waals surface area (Å²) < 4.78 is 0. The van der Waals surface area contributed by atoms with Gasteiger partial charge in [0.1, 0.15) is 0 Å². The lowest BCUT2D eigenvalue weighted by molar-refractivity contribution is -0.116. The van der Waals surface area contributed by atoms with Crippen molar-refractivity contribution < 1.29 is 14.7 Å². The largest absolute Gasteiger partial charge is 0.478 e. The van der Waals surface area contributed by atoms with Crippen LogP contribution in [0.15, 0.2) is 30.4 Å². The second-order valence-electron chi connectivity index (χ2n) is 8.19. The number of para-hydroxylation sites is 1. The number of carbonyl (C=O) groups is 2. The molecule has 1 rings (SSSR count). The van der Waals surface area contributed by atoms with Crippen LogP contribution in [0.4, 0.5) is 5.69 Å². The maximum absolute atomic E-state index is 12.2. The first-order chi connectivity index (χ1) is 14.6. The Morgan fingerprint density at radius 2 is 1.43 bits per heavy atom. The summed E-state index contributed by atoms with van der Waals surface area (Å²) in [6.07, 6.45) is 21.0. The van der Waals surface area contributed by atoms with Gasteiger partial charge >= 0.3 is 5.97 Å². The number of hydrogen-bond acceptors (Lipinski definition) is 2. The molecule has 0 aliphatic carbocycles. The molecule has 1 aromatic rings. The number of amides is 1. The molecule has 4 heteroatoms. The van der Waals surface area contributed by atoms with E-state index in [1.807, 2.05) is 13.0 Å². The van der Waals surface area contributed by atoms with Gasteiger partial charge in [0.15, 0.2) is 0 Å². The molecule has 30 heavy (non-hydrogen) atoms. The Morgan fingerprint density at radius 1 is 0.867 bits per heavy atom. The Hall–Kier alpha value is -2.10. The molecule has 0 bridgehead atoms. The molecule has 0 radical (unpaired) electrons.